The summed E-state index contributed by atoms with van der Waals surface area (Å²) in [4.78, 5) is 21.0. The van der Waals surface area contributed by atoms with Gasteiger partial charge in [0.05, 0.1) is 18.4 Å². The minimum absolute atomic E-state index is 0.142. The van der Waals surface area contributed by atoms with Crippen molar-refractivity contribution >= 4 is 11.7 Å². The van der Waals surface area contributed by atoms with Crippen LogP contribution in [0.4, 0.5) is 4.79 Å². The van der Waals surface area contributed by atoms with Crippen LogP contribution >= 0.6 is 0 Å². The van der Waals surface area contributed by atoms with Crippen molar-refractivity contribution in [2.24, 2.45) is 5.73 Å². The van der Waals surface area contributed by atoms with Crippen LogP contribution in [-0.2, 0) is 6.54 Å². The monoisotopic (exact) mass is 448 g/mol. The van der Waals surface area contributed by atoms with Crippen LogP contribution in [0.25, 0.3) is 0 Å². The Bertz CT molecular complexity index is 1040. The molecule has 0 radical (unpaired) electrons. The summed E-state index contributed by atoms with van der Waals surface area (Å²) < 4.78 is 0. The molecule has 0 aliphatic carbocycles. The van der Waals surface area contributed by atoms with Crippen molar-refractivity contribution in [3.05, 3.63) is 76.8 Å². The van der Waals surface area contributed by atoms with Crippen molar-refractivity contribution < 1.29 is 9.90 Å². The topological polar surface area (TPSA) is 119 Å². The van der Waals surface area contributed by atoms with Crippen LogP contribution in [0.3, 0.4) is 0 Å². The molecule has 1 saturated heterocycles. The average Bonchev–Trinajstić information content (AvgIpc) is 2.80. The number of hydrogen-bond acceptors (Lipinski definition) is 6. The second-order valence-corrected chi connectivity index (χ2v) is 8.94. The Morgan fingerprint density at radius 2 is 2.00 bits per heavy atom. The summed E-state index contributed by atoms with van der Waals surface area (Å²) in [6, 6.07) is 11.5. The number of aliphatic hydroxyl groups is 1. The lowest BCUT2D eigenvalue weighted by molar-refractivity contribution is 0.0489. The molecule has 2 aromatic rings. The van der Waals surface area contributed by atoms with E-state index in [4.69, 9.17) is 11.1 Å². The third-order valence-electron chi connectivity index (χ3n) is 6.43. The van der Waals surface area contributed by atoms with E-state index in [-0.39, 0.29) is 12.1 Å². The van der Waals surface area contributed by atoms with E-state index in [1.54, 1.807) is 29.4 Å². The molecule has 0 bridgehead atoms. The highest BCUT2D eigenvalue weighted by molar-refractivity contribution is 6.11. The molecular weight excluding hydrogens is 416 g/mol. The minimum atomic E-state index is -0.486. The first-order valence-electron chi connectivity index (χ1n) is 11.4. The standard InChI is InChI=1S/C25H32N6O2/c1-17-4-2-3-5-19(17)13-30-14-20(12-21(32)15-30)29-25(33)31-11-8-23(26)22(16-31)24(27)18-6-9-28-10-7-18/h2-7,9-10,20-21,27,32H,8,11-16,26H2,1H3,(H,29,33). The van der Waals surface area contributed by atoms with E-state index in [9.17, 15) is 9.90 Å². The van der Waals surface area contributed by atoms with E-state index in [1.165, 1.54) is 11.1 Å². The van der Waals surface area contributed by atoms with E-state index in [0.29, 0.717) is 56.0 Å². The van der Waals surface area contributed by atoms with Gasteiger partial charge in [0.2, 0.25) is 0 Å². The molecule has 1 fully saturated rings. The third kappa shape index (κ3) is 5.58. The SMILES string of the molecule is Cc1ccccc1CN1CC(O)CC(NC(=O)N2CCC(N)=C(C(=N)c3ccncc3)C2)C1. The molecule has 0 saturated carbocycles. The van der Waals surface area contributed by atoms with Gasteiger partial charge < -0.3 is 21.1 Å². The van der Waals surface area contributed by atoms with Crippen LogP contribution in [0, 0.1) is 12.3 Å². The van der Waals surface area contributed by atoms with Gasteiger partial charge in [-0.05, 0) is 36.6 Å². The Hall–Kier alpha value is -3.23. The fourth-order valence-electron chi connectivity index (χ4n) is 4.57. The van der Waals surface area contributed by atoms with Crippen molar-refractivity contribution in [1.29, 1.82) is 5.41 Å². The average molecular weight is 449 g/mol. The summed E-state index contributed by atoms with van der Waals surface area (Å²) in [6.07, 6.45) is 3.86. The van der Waals surface area contributed by atoms with Crippen LogP contribution < -0.4 is 11.1 Å². The lowest BCUT2D eigenvalue weighted by Crippen LogP contribution is -2.55. The Balaban J connectivity index is 1.38. The lowest BCUT2D eigenvalue weighted by atomic mass is 9.97. The number of aromatic nitrogens is 1. The van der Waals surface area contributed by atoms with E-state index < -0.39 is 6.10 Å². The normalized spacial score (nSPS) is 21.7. The predicted octanol–water partition coefficient (Wildman–Crippen LogP) is 2.02. The van der Waals surface area contributed by atoms with Gasteiger partial charge in [0.25, 0.3) is 0 Å². The number of benzene rings is 1. The minimum Gasteiger partial charge on any atom is -0.402 e. The molecule has 0 spiro atoms. The second-order valence-electron chi connectivity index (χ2n) is 8.94. The summed E-state index contributed by atoms with van der Waals surface area (Å²) in [6.45, 7) is 4.91. The molecule has 1 aromatic carbocycles. The van der Waals surface area contributed by atoms with Gasteiger partial charge in [-0.25, -0.2) is 4.79 Å². The summed E-state index contributed by atoms with van der Waals surface area (Å²) in [7, 11) is 0. The molecule has 174 valence electrons. The first-order valence-corrected chi connectivity index (χ1v) is 11.4. The van der Waals surface area contributed by atoms with Crippen LogP contribution in [0.5, 0.6) is 0 Å². The van der Waals surface area contributed by atoms with Crippen molar-refractivity contribution in [3.8, 4) is 0 Å². The van der Waals surface area contributed by atoms with E-state index >= 15 is 0 Å². The van der Waals surface area contributed by atoms with Crippen LogP contribution in [-0.4, -0.2) is 70.0 Å². The quantitative estimate of drug-likeness (QED) is 0.522. The number of nitrogens with one attached hydrogen (secondary N) is 2. The highest BCUT2D eigenvalue weighted by Crippen LogP contribution is 2.20. The maximum Gasteiger partial charge on any atom is 0.317 e. The van der Waals surface area contributed by atoms with Crippen molar-refractivity contribution in [3.63, 3.8) is 0 Å². The van der Waals surface area contributed by atoms with Crippen LogP contribution in [0.1, 0.15) is 29.5 Å². The number of nitrogens with two attached hydrogens (primary N) is 1. The summed E-state index contributed by atoms with van der Waals surface area (Å²) in [5, 5.41) is 22.1. The largest absolute Gasteiger partial charge is 0.402 e. The fraction of sp³-hybridized carbons (Fsp3) is 0.400. The van der Waals surface area contributed by atoms with E-state index in [1.807, 2.05) is 12.1 Å². The van der Waals surface area contributed by atoms with Gasteiger partial charge in [-0.15, -0.1) is 0 Å². The van der Waals surface area contributed by atoms with E-state index in [2.05, 4.69) is 34.3 Å². The Labute approximate surface area is 194 Å². The maximum absolute atomic E-state index is 13.1. The Morgan fingerprint density at radius 3 is 2.76 bits per heavy atom. The number of hydrogen-bond donors (Lipinski definition) is 4. The van der Waals surface area contributed by atoms with E-state index in [0.717, 1.165) is 12.1 Å². The fourth-order valence-corrected chi connectivity index (χ4v) is 4.57. The van der Waals surface area contributed by atoms with Crippen molar-refractivity contribution in [1.82, 2.24) is 20.1 Å². The summed E-state index contributed by atoms with van der Waals surface area (Å²) in [5.74, 6) is 0. The van der Waals surface area contributed by atoms with Gasteiger partial charge >= 0.3 is 6.03 Å². The number of urea groups is 1. The third-order valence-corrected chi connectivity index (χ3v) is 6.43. The molecule has 8 nitrogen and oxygen atoms in total. The summed E-state index contributed by atoms with van der Waals surface area (Å²) in [5.41, 5.74) is 11.0. The van der Waals surface area contributed by atoms with Crippen molar-refractivity contribution in [2.75, 3.05) is 26.2 Å². The number of nitrogens with zero attached hydrogens (tertiary/aromatic N) is 3. The number of aryl methyl sites for hydroxylation is 1. The molecule has 4 rings (SSSR count). The Morgan fingerprint density at radius 1 is 1.24 bits per heavy atom. The van der Waals surface area contributed by atoms with Crippen molar-refractivity contribution in [2.45, 2.75) is 38.5 Å². The zero-order valence-corrected chi connectivity index (χ0v) is 19.0. The molecule has 8 heteroatoms. The molecule has 1 aromatic heterocycles. The molecule has 3 heterocycles. The summed E-state index contributed by atoms with van der Waals surface area (Å²) >= 11 is 0. The number of pyridine rings is 1. The number of β-amino-alcohol motifs (C(OH)–C–C–N with tert-alkyl or cyclic N) is 1. The number of carbonyl (C=O) groups is 1. The second kappa shape index (κ2) is 10.1. The number of carbonyl (C=O) groups excluding carboxylic acids is 1. The van der Waals surface area contributed by atoms with Crippen LogP contribution in [0.2, 0.25) is 0 Å². The predicted molar refractivity (Wildman–Crippen MR) is 128 cm³/mol. The zero-order chi connectivity index (χ0) is 23.4. The van der Waals surface area contributed by atoms with Gasteiger partial charge in [-0.3, -0.25) is 15.3 Å². The van der Waals surface area contributed by atoms with Gasteiger partial charge in [-0.2, -0.15) is 0 Å². The number of amides is 2. The molecule has 33 heavy (non-hydrogen) atoms. The molecule has 2 aliphatic heterocycles. The highest BCUT2D eigenvalue weighted by atomic mass is 16.3. The first-order chi connectivity index (χ1) is 15.9. The molecular formula is C25H32N6O2. The first kappa shape index (κ1) is 22.9. The van der Waals surface area contributed by atoms with Gasteiger partial charge in [0.15, 0.2) is 0 Å². The highest BCUT2D eigenvalue weighted by Gasteiger charge is 2.30. The van der Waals surface area contributed by atoms with Crippen LogP contribution in [0.15, 0.2) is 60.1 Å². The van der Waals surface area contributed by atoms with Gasteiger partial charge in [-0.1, -0.05) is 24.3 Å². The molecule has 5 N–H and O–H groups in total. The lowest BCUT2D eigenvalue weighted by Gasteiger charge is -2.38. The van der Waals surface area contributed by atoms with Gasteiger partial charge in [0, 0.05) is 67.9 Å². The zero-order valence-electron chi connectivity index (χ0n) is 19.0. The Kier molecular flexibility index (Phi) is 7.05. The van der Waals surface area contributed by atoms with Gasteiger partial charge in [0.1, 0.15) is 0 Å². The number of likely N-dealkylation sites (tertiary alicyclic amines) is 1. The number of piperidine rings is 1. The maximum atomic E-state index is 13.1. The molecule has 2 aliphatic rings. The number of rotatable bonds is 5. The molecule has 2 unspecified atom stereocenters. The smallest absolute Gasteiger partial charge is 0.317 e. The number of aliphatic hydroxyl groups excluding tert-OH is 1. The molecule has 2 atom stereocenters. The molecule has 2 amide bonds.